The highest BCUT2D eigenvalue weighted by molar-refractivity contribution is 5.83. The highest BCUT2D eigenvalue weighted by atomic mass is 19.4. The number of alkyl halides is 3. The number of carbonyl (C=O) groups is 1. The molecule has 0 saturated heterocycles. The van der Waals surface area contributed by atoms with Gasteiger partial charge in [-0.15, -0.1) is 0 Å². The number of hydrogen-bond donors (Lipinski definition) is 1. The molecule has 28 heavy (non-hydrogen) atoms. The Morgan fingerprint density at radius 2 is 2.04 bits per heavy atom. The Morgan fingerprint density at radius 3 is 2.71 bits per heavy atom. The first kappa shape index (κ1) is 19.5. The molecule has 1 unspecified atom stereocenters. The van der Waals surface area contributed by atoms with Crippen molar-refractivity contribution < 1.29 is 22.7 Å². The highest BCUT2D eigenvalue weighted by Gasteiger charge is 2.34. The molecule has 2 heterocycles. The predicted molar refractivity (Wildman–Crippen MR) is 95.4 cm³/mol. The number of ether oxygens (including phenoxy) is 1. The second-order valence-corrected chi connectivity index (χ2v) is 6.07. The lowest BCUT2D eigenvalue weighted by Crippen LogP contribution is -2.17. The molecule has 146 valence electrons. The molecule has 2 aromatic heterocycles. The van der Waals surface area contributed by atoms with Gasteiger partial charge in [-0.25, -0.2) is 4.98 Å². The summed E-state index contributed by atoms with van der Waals surface area (Å²) in [4.78, 5) is 34.4. The van der Waals surface area contributed by atoms with Crippen molar-refractivity contribution in [1.82, 2.24) is 15.0 Å². The number of nitrogens with zero attached hydrogens (tertiary/aromatic N) is 2. The van der Waals surface area contributed by atoms with Crippen LogP contribution in [-0.2, 0) is 15.7 Å². The zero-order chi connectivity index (χ0) is 20.5. The fourth-order valence-electron chi connectivity index (χ4n) is 2.70. The number of rotatable bonds is 4. The molecule has 3 rings (SSSR count). The van der Waals surface area contributed by atoms with Crippen LogP contribution in [0.25, 0.3) is 22.2 Å². The minimum absolute atomic E-state index is 0.105. The molecule has 3 aromatic rings. The van der Waals surface area contributed by atoms with E-state index in [1.807, 2.05) is 0 Å². The Labute approximate surface area is 157 Å². The van der Waals surface area contributed by atoms with E-state index in [2.05, 4.69) is 15.0 Å². The summed E-state index contributed by atoms with van der Waals surface area (Å²) in [6.45, 7) is 3.17. The summed E-state index contributed by atoms with van der Waals surface area (Å²) in [5.74, 6) is -0.360. The molecule has 1 atom stereocenters. The molecule has 0 aliphatic carbocycles. The third kappa shape index (κ3) is 3.88. The molecule has 1 aromatic carbocycles. The van der Waals surface area contributed by atoms with Gasteiger partial charge in [0.25, 0.3) is 5.56 Å². The minimum atomic E-state index is -4.58. The smallest absolute Gasteiger partial charge is 0.418 e. The summed E-state index contributed by atoms with van der Waals surface area (Å²) in [5, 5.41) is 0.200. The van der Waals surface area contributed by atoms with Crippen molar-refractivity contribution in [2.45, 2.75) is 32.5 Å². The van der Waals surface area contributed by atoms with E-state index < -0.39 is 29.4 Å². The van der Waals surface area contributed by atoms with Crippen LogP contribution in [-0.4, -0.2) is 20.9 Å². The molecule has 0 aliphatic heterocycles. The molecule has 0 amide bonds. The van der Waals surface area contributed by atoms with Crippen molar-refractivity contribution in [2.24, 2.45) is 0 Å². The first-order valence-electron chi connectivity index (χ1n) is 8.46. The number of benzene rings is 1. The number of aromatic nitrogens is 3. The summed E-state index contributed by atoms with van der Waals surface area (Å²) in [6, 6.07) is 6.28. The number of hydrogen-bond acceptors (Lipinski definition) is 5. The monoisotopic (exact) mass is 391 g/mol. The van der Waals surface area contributed by atoms with Crippen molar-refractivity contribution >= 4 is 16.9 Å². The summed E-state index contributed by atoms with van der Waals surface area (Å²) in [5.41, 5.74) is -1.28. The van der Waals surface area contributed by atoms with Gasteiger partial charge in [0, 0.05) is 18.2 Å². The van der Waals surface area contributed by atoms with Gasteiger partial charge >= 0.3 is 12.1 Å². The maximum atomic E-state index is 13.3. The average Bonchev–Trinajstić information content (AvgIpc) is 2.66. The van der Waals surface area contributed by atoms with Crippen LogP contribution in [0.3, 0.4) is 0 Å². The van der Waals surface area contributed by atoms with Gasteiger partial charge in [0.1, 0.15) is 0 Å². The van der Waals surface area contributed by atoms with Crippen LogP contribution in [0.1, 0.15) is 37.8 Å². The predicted octanol–water partition coefficient (Wildman–Crippen LogP) is 4.02. The fourth-order valence-corrected chi connectivity index (χ4v) is 2.70. The van der Waals surface area contributed by atoms with Gasteiger partial charge in [-0.1, -0.05) is 13.0 Å². The van der Waals surface area contributed by atoms with E-state index >= 15 is 0 Å². The number of pyridine rings is 1. The maximum Gasteiger partial charge on any atom is 0.418 e. The summed E-state index contributed by atoms with van der Waals surface area (Å²) in [7, 11) is 0. The largest absolute Gasteiger partial charge is 0.454 e. The molecule has 6 nitrogen and oxygen atoms in total. The number of carbonyl (C=O) groups excluding carboxylic acids is 1. The number of nitrogens with one attached hydrogen (secondary N) is 1. The first-order valence-corrected chi connectivity index (χ1v) is 8.46. The second kappa shape index (κ2) is 7.41. The van der Waals surface area contributed by atoms with E-state index in [1.165, 1.54) is 30.5 Å². The zero-order valence-electron chi connectivity index (χ0n) is 15.0. The number of halogens is 3. The third-order valence-electron chi connectivity index (χ3n) is 4.09. The van der Waals surface area contributed by atoms with Crippen LogP contribution in [0.15, 0.2) is 41.3 Å². The molecule has 0 spiro atoms. The van der Waals surface area contributed by atoms with Crippen LogP contribution < -0.4 is 5.56 Å². The minimum Gasteiger partial charge on any atom is -0.454 e. The zero-order valence-corrected chi connectivity index (χ0v) is 15.0. The Hall–Kier alpha value is -3.23. The van der Waals surface area contributed by atoms with E-state index in [1.54, 1.807) is 13.8 Å². The summed E-state index contributed by atoms with van der Waals surface area (Å²) >= 11 is 0. The van der Waals surface area contributed by atoms with Gasteiger partial charge in [-0.3, -0.25) is 14.6 Å². The van der Waals surface area contributed by atoms with Crippen molar-refractivity contribution in [2.75, 3.05) is 0 Å². The molecule has 0 fully saturated rings. The fraction of sp³-hybridized carbons (Fsp3) is 0.263. The summed E-state index contributed by atoms with van der Waals surface area (Å²) < 4.78 is 45.0. The molecular formula is C19H16F3N3O3. The number of esters is 1. The Bertz CT molecular complexity index is 1090. The molecule has 0 saturated carbocycles. The summed E-state index contributed by atoms with van der Waals surface area (Å²) in [6.07, 6.45) is -3.97. The van der Waals surface area contributed by atoms with Gasteiger partial charge in [0.05, 0.1) is 22.2 Å². The van der Waals surface area contributed by atoms with Crippen molar-refractivity contribution in [3.8, 4) is 11.3 Å². The Kier molecular flexibility index (Phi) is 5.17. The van der Waals surface area contributed by atoms with Crippen molar-refractivity contribution in [3.63, 3.8) is 0 Å². The van der Waals surface area contributed by atoms with Crippen LogP contribution in [0.5, 0.6) is 0 Å². The molecule has 0 aliphatic rings. The normalized spacial score (nSPS) is 12.8. The third-order valence-corrected chi connectivity index (χ3v) is 4.09. The lowest BCUT2D eigenvalue weighted by Gasteiger charge is -2.14. The maximum absolute atomic E-state index is 13.3. The van der Waals surface area contributed by atoms with E-state index in [-0.39, 0.29) is 34.4 Å². The van der Waals surface area contributed by atoms with Gasteiger partial charge in [-0.2, -0.15) is 13.2 Å². The lowest BCUT2D eigenvalue weighted by atomic mass is 10.0. The average molecular weight is 391 g/mol. The molecule has 9 heteroatoms. The topological polar surface area (TPSA) is 84.9 Å². The molecule has 1 N–H and O–H groups in total. The van der Waals surface area contributed by atoms with E-state index in [4.69, 9.17) is 4.74 Å². The van der Waals surface area contributed by atoms with Crippen LogP contribution in [0.4, 0.5) is 13.2 Å². The number of aromatic amines is 1. The highest BCUT2D eigenvalue weighted by Crippen LogP contribution is 2.36. The van der Waals surface area contributed by atoms with Crippen LogP contribution in [0.2, 0.25) is 0 Å². The van der Waals surface area contributed by atoms with Crippen LogP contribution >= 0.6 is 0 Å². The second-order valence-electron chi connectivity index (χ2n) is 6.07. The SMILES string of the molecule is CCC(=O)OC(C)c1nc2cc(-c3ncccc3C(F)(F)F)ccc2c(=O)[nH]1. The Morgan fingerprint density at radius 1 is 1.29 bits per heavy atom. The van der Waals surface area contributed by atoms with Gasteiger partial charge in [-0.05, 0) is 31.2 Å². The van der Waals surface area contributed by atoms with Crippen molar-refractivity contribution in [3.05, 3.63) is 58.3 Å². The van der Waals surface area contributed by atoms with E-state index in [0.29, 0.717) is 0 Å². The van der Waals surface area contributed by atoms with E-state index in [9.17, 15) is 22.8 Å². The Balaban J connectivity index is 2.12. The lowest BCUT2D eigenvalue weighted by molar-refractivity contribution is -0.148. The van der Waals surface area contributed by atoms with Crippen LogP contribution in [0, 0.1) is 0 Å². The van der Waals surface area contributed by atoms with Crippen molar-refractivity contribution in [1.29, 1.82) is 0 Å². The molecule has 0 radical (unpaired) electrons. The number of H-pyrrole nitrogens is 1. The standard InChI is InChI=1S/C19H16F3N3O3/c1-3-15(26)28-10(2)17-24-14-9-11(6-7-12(14)18(27)25-17)16-13(19(20,21)22)5-4-8-23-16/h4-10H,3H2,1-2H3,(H,24,25,27). The van der Waals surface area contributed by atoms with Gasteiger partial charge in [0.15, 0.2) is 11.9 Å². The molecular weight excluding hydrogens is 375 g/mol. The quantitative estimate of drug-likeness (QED) is 0.679. The molecule has 0 bridgehead atoms. The van der Waals surface area contributed by atoms with Gasteiger partial charge < -0.3 is 9.72 Å². The van der Waals surface area contributed by atoms with E-state index in [0.717, 1.165) is 6.07 Å². The van der Waals surface area contributed by atoms with Gasteiger partial charge in [0.2, 0.25) is 0 Å². The first-order chi connectivity index (χ1) is 13.2. The number of fused-ring (bicyclic) bond motifs is 1.